The highest BCUT2D eigenvalue weighted by atomic mass is 16.4. The monoisotopic (exact) mass is 190 g/mol. The van der Waals surface area contributed by atoms with Gasteiger partial charge in [0.05, 0.1) is 0 Å². The Morgan fingerprint density at radius 2 is 2.21 bits per heavy atom. The third-order valence-electron chi connectivity index (χ3n) is 1.62. The Morgan fingerprint density at radius 3 is 2.79 bits per heavy atom. The number of hydrogen-bond acceptors (Lipinski definition) is 2. The van der Waals surface area contributed by atoms with Gasteiger partial charge < -0.3 is 10.8 Å². The van der Waals surface area contributed by atoms with Gasteiger partial charge >= 0.3 is 5.97 Å². The van der Waals surface area contributed by atoms with E-state index in [0.29, 0.717) is 11.1 Å². The zero-order valence-corrected chi connectivity index (χ0v) is 7.40. The topological polar surface area (TPSA) is 87.2 Å². The average Bonchev–Trinajstić information content (AvgIpc) is 2.15. The number of carboxylic acid groups (broad SMARTS) is 1. The second-order valence-electron chi connectivity index (χ2n) is 2.71. The SMILES string of the molecule is N=C(N)c1cccc(/C=C/C(=O)O)c1. The summed E-state index contributed by atoms with van der Waals surface area (Å²) in [5, 5.41) is 15.6. The first-order chi connectivity index (χ1) is 6.59. The first-order valence-corrected chi connectivity index (χ1v) is 3.95. The van der Waals surface area contributed by atoms with Gasteiger partial charge in [0.1, 0.15) is 5.84 Å². The molecule has 1 rings (SSSR count). The van der Waals surface area contributed by atoms with Crippen LogP contribution in [-0.2, 0) is 4.79 Å². The van der Waals surface area contributed by atoms with Gasteiger partial charge in [0.25, 0.3) is 0 Å². The number of benzene rings is 1. The fourth-order valence-electron chi connectivity index (χ4n) is 0.977. The maximum atomic E-state index is 10.2. The van der Waals surface area contributed by atoms with Crippen LogP contribution in [0.5, 0.6) is 0 Å². The Hall–Kier alpha value is -2.10. The van der Waals surface area contributed by atoms with Gasteiger partial charge in [0.15, 0.2) is 0 Å². The zero-order valence-electron chi connectivity index (χ0n) is 7.40. The van der Waals surface area contributed by atoms with Gasteiger partial charge in [-0.3, -0.25) is 5.41 Å². The molecule has 0 amide bonds. The second kappa shape index (κ2) is 4.23. The summed E-state index contributed by atoms with van der Waals surface area (Å²) in [6.45, 7) is 0. The van der Waals surface area contributed by atoms with Gasteiger partial charge in [-0.1, -0.05) is 18.2 Å². The van der Waals surface area contributed by atoms with Crippen molar-refractivity contribution in [1.82, 2.24) is 0 Å². The van der Waals surface area contributed by atoms with E-state index in [4.69, 9.17) is 16.2 Å². The molecular formula is C10H10N2O2. The predicted molar refractivity (Wildman–Crippen MR) is 54.1 cm³/mol. The molecule has 0 saturated carbocycles. The Morgan fingerprint density at radius 1 is 1.50 bits per heavy atom. The highest BCUT2D eigenvalue weighted by Crippen LogP contribution is 2.06. The van der Waals surface area contributed by atoms with E-state index in [0.717, 1.165) is 6.08 Å². The fourth-order valence-corrected chi connectivity index (χ4v) is 0.977. The van der Waals surface area contributed by atoms with Crippen LogP contribution in [0.1, 0.15) is 11.1 Å². The summed E-state index contributed by atoms with van der Waals surface area (Å²) in [5.74, 6) is -1.03. The second-order valence-corrected chi connectivity index (χ2v) is 2.71. The van der Waals surface area contributed by atoms with Crippen molar-refractivity contribution in [2.75, 3.05) is 0 Å². The van der Waals surface area contributed by atoms with E-state index in [1.54, 1.807) is 24.3 Å². The Bertz CT molecular complexity index is 397. The van der Waals surface area contributed by atoms with E-state index in [9.17, 15) is 4.79 Å². The molecule has 0 aromatic heterocycles. The zero-order chi connectivity index (χ0) is 10.6. The molecule has 0 unspecified atom stereocenters. The van der Waals surface area contributed by atoms with Crippen LogP contribution in [0.3, 0.4) is 0 Å². The minimum atomic E-state index is -1.00. The first-order valence-electron chi connectivity index (χ1n) is 3.95. The lowest BCUT2D eigenvalue weighted by atomic mass is 10.1. The normalized spacial score (nSPS) is 10.3. The molecule has 1 aromatic carbocycles. The molecule has 4 N–H and O–H groups in total. The van der Waals surface area contributed by atoms with Crippen molar-refractivity contribution in [1.29, 1.82) is 5.41 Å². The minimum Gasteiger partial charge on any atom is -0.478 e. The van der Waals surface area contributed by atoms with E-state index in [2.05, 4.69) is 0 Å². The third kappa shape index (κ3) is 2.75. The fraction of sp³-hybridized carbons (Fsp3) is 0. The number of nitrogens with two attached hydrogens (primary N) is 1. The highest BCUT2D eigenvalue weighted by Gasteiger charge is 1.96. The van der Waals surface area contributed by atoms with Crippen LogP contribution in [0.4, 0.5) is 0 Å². The molecule has 0 aliphatic rings. The number of carbonyl (C=O) groups is 1. The number of hydrogen-bond donors (Lipinski definition) is 3. The van der Waals surface area contributed by atoms with Crippen molar-refractivity contribution in [3.8, 4) is 0 Å². The summed E-state index contributed by atoms with van der Waals surface area (Å²) in [4.78, 5) is 10.2. The quantitative estimate of drug-likeness (QED) is 0.378. The predicted octanol–water partition coefficient (Wildman–Crippen LogP) is 1.07. The molecule has 4 heteroatoms. The van der Waals surface area contributed by atoms with E-state index < -0.39 is 5.97 Å². The summed E-state index contributed by atoms with van der Waals surface area (Å²) in [6.07, 6.45) is 2.49. The lowest BCUT2D eigenvalue weighted by molar-refractivity contribution is -0.131. The first kappa shape index (κ1) is 9.98. The molecule has 4 nitrogen and oxygen atoms in total. The molecule has 0 aliphatic carbocycles. The van der Waals surface area contributed by atoms with Gasteiger partial charge in [-0.25, -0.2) is 4.79 Å². The summed E-state index contributed by atoms with van der Waals surface area (Å²) >= 11 is 0. The van der Waals surface area contributed by atoms with Crippen molar-refractivity contribution in [2.24, 2.45) is 5.73 Å². The van der Waals surface area contributed by atoms with Crippen LogP contribution < -0.4 is 5.73 Å². The summed E-state index contributed by atoms with van der Waals surface area (Å²) in [7, 11) is 0. The molecule has 0 heterocycles. The van der Waals surface area contributed by atoms with Crippen molar-refractivity contribution >= 4 is 17.9 Å². The minimum absolute atomic E-state index is 0.0319. The molecule has 72 valence electrons. The molecule has 0 spiro atoms. The van der Waals surface area contributed by atoms with Crippen molar-refractivity contribution in [2.45, 2.75) is 0 Å². The van der Waals surface area contributed by atoms with Crippen molar-refractivity contribution in [3.63, 3.8) is 0 Å². The van der Waals surface area contributed by atoms with Crippen molar-refractivity contribution < 1.29 is 9.90 Å². The maximum absolute atomic E-state index is 10.2. The Kier molecular flexibility index (Phi) is 3.01. The lowest BCUT2D eigenvalue weighted by Crippen LogP contribution is -2.10. The number of nitrogen functional groups attached to an aromatic ring is 1. The number of amidine groups is 1. The third-order valence-corrected chi connectivity index (χ3v) is 1.62. The number of rotatable bonds is 3. The molecule has 0 saturated heterocycles. The molecule has 0 radical (unpaired) electrons. The van der Waals surface area contributed by atoms with Gasteiger partial charge in [0.2, 0.25) is 0 Å². The summed E-state index contributed by atoms with van der Waals surface area (Å²) < 4.78 is 0. The van der Waals surface area contributed by atoms with Gasteiger partial charge in [0, 0.05) is 11.6 Å². The molecular weight excluding hydrogens is 180 g/mol. The number of nitrogens with one attached hydrogen (secondary N) is 1. The Balaban J connectivity index is 2.94. The summed E-state index contributed by atoms with van der Waals surface area (Å²) in [6, 6.07) is 6.81. The van der Waals surface area contributed by atoms with Crippen LogP contribution in [0.25, 0.3) is 6.08 Å². The van der Waals surface area contributed by atoms with E-state index in [-0.39, 0.29) is 5.84 Å². The van der Waals surface area contributed by atoms with Gasteiger partial charge in [-0.2, -0.15) is 0 Å². The average molecular weight is 190 g/mol. The highest BCUT2D eigenvalue weighted by molar-refractivity contribution is 5.95. The maximum Gasteiger partial charge on any atom is 0.328 e. The number of carboxylic acids is 1. The van der Waals surface area contributed by atoms with Crippen LogP contribution in [0, 0.1) is 5.41 Å². The van der Waals surface area contributed by atoms with Gasteiger partial charge in [-0.15, -0.1) is 0 Å². The largest absolute Gasteiger partial charge is 0.478 e. The molecule has 0 fully saturated rings. The van der Waals surface area contributed by atoms with Crippen LogP contribution >= 0.6 is 0 Å². The molecule has 0 atom stereocenters. The smallest absolute Gasteiger partial charge is 0.328 e. The van der Waals surface area contributed by atoms with E-state index in [1.807, 2.05) is 0 Å². The lowest BCUT2D eigenvalue weighted by Gasteiger charge is -1.98. The standard InChI is InChI=1S/C10H10N2O2/c11-10(12)8-3-1-2-7(6-8)4-5-9(13)14/h1-6H,(H3,11,12)(H,13,14)/b5-4+. The molecule has 14 heavy (non-hydrogen) atoms. The van der Waals surface area contributed by atoms with E-state index >= 15 is 0 Å². The van der Waals surface area contributed by atoms with Crippen LogP contribution in [0.15, 0.2) is 30.3 Å². The molecule has 0 aliphatic heterocycles. The Labute approximate surface area is 81.2 Å². The molecule has 1 aromatic rings. The van der Waals surface area contributed by atoms with E-state index in [1.165, 1.54) is 6.08 Å². The summed E-state index contributed by atoms with van der Waals surface area (Å²) in [5.41, 5.74) is 6.57. The molecule has 0 bridgehead atoms. The van der Waals surface area contributed by atoms with Crippen LogP contribution in [0.2, 0.25) is 0 Å². The van der Waals surface area contributed by atoms with Crippen molar-refractivity contribution in [3.05, 3.63) is 41.5 Å². The van der Waals surface area contributed by atoms with Gasteiger partial charge in [-0.05, 0) is 17.7 Å². The van der Waals surface area contributed by atoms with Crippen LogP contribution in [-0.4, -0.2) is 16.9 Å². The number of aliphatic carboxylic acids is 1.